The zero-order valence-electron chi connectivity index (χ0n) is 11.9. The lowest BCUT2D eigenvalue weighted by Gasteiger charge is -2.26. The molecule has 0 saturated heterocycles. The number of ether oxygens (including phenoxy) is 1. The summed E-state index contributed by atoms with van der Waals surface area (Å²) in [6.45, 7) is 4.62. The summed E-state index contributed by atoms with van der Waals surface area (Å²) in [5.41, 5.74) is 0.293. The number of carbonyl (C=O) groups is 1. The Balaban J connectivity index is 3.06. The summed E-state index contributed by atoms with van der Waals surface area (Å²) in [5.74, 6) is -0.248. The molecule has 0 unspecified atom stereocenters. The smallest absolute Gasteiger partial charge is 0.254 e. The molecule has 0 aliphatic rings. The van der Waals surface area contributed by atoms with E-state index < -0.39 is 10.0 Å². The van der Waals surface area contributed by atoms with Crippen LogP contribution in [0, 0.1) is 0 Å². The fourth-order valence-electron chi connectivity index (χ4n) is 1.76. The minimum Gasteiger partial charge on any atom is -0.383 e. The molecule has 0 fully saturated rings. The van der Waals surface area contributed by atoms with Gasteiger partial charge in [-0.1, -0.05) is 6.07 Å². The van der Waals surface area contributed by atoms with Crippen molar-refractivity contribution in [1.29, 1.82) is 0 Å². The van der Waals surface area contributed by atoms with Crippen molar-refractivity contribution < 1.29 is 17.9 Å². The monoisotopic (exact) mass is 300 g/mol. The summed E-state index contributed by atoms with van der Waals surface area (Å²) < 4.78 is 27.6. The Hall–Kier alpha value is -1.44. The first-order valence-electron chi connectivity index (χ1n) is 6.20. The average Bonchev–Trinajstić information content (AvgIpc) is 2.37. The molecular weight excluding hydrogens is 280 g/mol. The van der Waals surface area contributed by atoms with E-state index in [1.54, 1.807) is 18.1 Å². The number of nitrogens with zero attached hydrogens (tertiary/aromatic N) is 1. The maximum absolute atomic E-state index is 12.4. The standard InChI is InChI=1S/C13H20N2O4S/c1-10(2)15(7-8-19-3)13(16)11-5-4-6-12(9-11)20(14,17)18/h4-6,9-10H,7-8H2,1-3H3,(H2,14,17,18). The lowest BCUT2D eigenvalue weighted by atomic mass is 10.1. The van der Waals surface area contributed by atoms with Crippen LogP contribution in [0.4, 0.5) is 0 Å². The number of nitrogens with two attached hydrogens (primary N) is 1. The zero-order chi connectivity index (χ0) is 15.3. The van der Waals surface area contributed by atoms with Crippen LogP contribution >= 0.6 is 0 Å². The lowest BCUT2D eigenvalue weighted by molar-refractivity contribution is 0.0634. The normalized spacial score (nSPS) is 11.7. The largest absolute Gasteiger partial charge is 0.383 e. The molecule has 1 amide bonds. The summed E-state index contributed by atoms with van der Waals surface area (Å²) in [5, 5.41) is 5.07. The van der Waals surface area contributed by atoms with Gasteiger partial charge in [-0.05, 0) is 32.0 Å². The molecule has 0 spiro atoms. The molecule has 7 heteroatoms. The topological polar surface area (TPSA) is 89.7 Å². The molecule has 1 aromatic rings. The molecular formula is C13H20N2O4S. The second-order valence-corrected chi connectivity index (χ2v) is 6.22. The van der Waals surface area contributed by atoms with Crippen LogP contribution in [0.5, 0.6) is 0 Å². The summed E-state index contributed by atoms with van der Waals surface area (Å²) >= 11 is 0. The van der Waals surface area contributed by atoms with E-state index in [0.717, 1.165) is 0 Å². The summed E-state index contributed by atoms with van der Waals surface area (Å²) in [7, 11) is -2.26. The number of hydrogen-bond donors (Lipinski definition) is 1. The lowest BCUT2D eigenvalue weighted by Crippen LogP contribution is -2.39. The Labute approximate surface area is 119 Å². The first kappa shape index (κ1) is 16.6. The van der Waals surface area contributed by atoms with E-state index in [1.807, 2.05) is 13.8 Å². The third-order valence-corrected chi connectivity index (χ3v) is 3.74. The van der Waals surface area contributed by atoms with Crippen molar-refractivity contribution >= 4 is 15.9 Å². The van der Waals surface area contributed by atoms with Gasteiger partial charge in [-0.15, -0.1) is 0 Å². The van der Waals surface area contributed by atoms with Crippen LogP contribution in [0.25, 0.3) is 0 Å². The molecule has 0 aromatic heterocycles. The zero-order valence-corrected chi connectivity index (χ0v) is 12.7. The van der Waals surface area contributed by atoms with Crippen molar-refractivity contribution in [3.05, 3.63) is 29.8 Å². The van der Waals surface area contributed by atoms with Gasteiger partial charge < -0.3 is 9.64 Å². The number of amides is 1. The Morgan fingerprint density at radius 3 is 2.55 bits per heavy atom. The highest BCUT2D eigenvalue weighted by Gasteiger charge is 2.20. The SMILES string of the molecule is COCCN(C(=O)c1cccc(S(N)(=O)=O)c1)C(C)C. The van der Waals surface area contributed by atoms with Crippen LogP contribution < -0.4 is 5.14 Å². The van der Waals surface area contributed by atoms with Crippen LogP contribution in [0.15, 0.2) is 29.2 Å². The fourth-order valence-corrected chi connectivity index (χ4v) is 2.32. The molecule has 20 heavy (non-hydrogen) atoms. The molecule has 0 bridgehead atoms. The Bertz CT molecular complexity index is 569. The minimum absolute atomic E-state index is 0.0178. The Morgan fingerprint density at radius 2 is 2.05 bits per heavy atom. The number of benzene rings is 1. The van der Waals surface area contributed by atoms with Crippen molar-refractivity contribution in [3.63, 3.8) is 0 Å². The number of hydrogen-bond acceptors (Lipinski definition) is 4. The van der Waals surface area contributed by atoms with Gasteiger partial charge in [0.25, 0.3) is 5.91 Å². The van der Waals surface area contributed by atoms with E-state index >= 15 is 0 Å². The van der Waals surface area contributed by atoms with E-state index in [0.29, 0.717) is 18.7 Å². The second-order valence-electron chi connectivity index (χ2n) is 4.66. The molecule has 0 aliphatic heterocycles. The molecule has 0 saturated carbocycles. The van der Waals surface area contributed by atoms with Crippen molar-refractivity contribution in [1.82, 2.24) is 4.90 Å². The molecule has 2 N–H and O–H groups in total. The van der Waals surface area contributed by atoms with Gasteiger partial charge in [0.15, 0.2) is 0 Å². The maximum Gasteiger partial charge on any atom is 0.254 e. The molecule has 0 atom stereocenters. The molecule has 6 nitrogen and oxygen atoms in total. The molecule has 1 aromatic carbocycles. The molecule has 1 rings (SSSR count). The van der Waals surface area contributed by atoms with Gasteiger partial charge >= 0.3 is 0 Å². The predicted molar refractivity (Wildman–Crippen MR) is 75.9 cm³/mol. The highest BCUT2D eigenvalue weighted by molar-refractivity contribution is 7.89. The van der Waals surface area contributed by atoms with Crippen LogP contribution in [0.1, 0.15) is 24.2 Å². The van der Waals surface area contributed by atoms with Gasteiger partial charge in [0, 0.05) is 25.3 Å². The number of carbonyl (C=O) groups excluding carboxylic acids is 1. The highest BCUT2D eigenvalue weighted by atomic mass is 32.2. The maximum atomic E-state index is 12.4. The van der Waals surface area contributed by atoms with Crippen molar-refractivity contribution in [2.24, 2.45) is 5.14 Å². The van der Waals surface area contributed by atoms with Crippen molar-refractivity contribution in [2.45, 2.75) is 24.8 Å². The van der Waals surface area contributed by atoms with Crippen LogP contribution in [-0.2, 0) is 14.8 Å². The molecule has 0 radical (unpaired) electrons. The number of methoxy groups -OCH3 is 1. The second kappa shape index (κ2) is 6.83. The van der Waals surface area contributed by atoms with Gasteiger partial charge in [-0.2, -0.15) is 0 Å². The predicted octanol–water partition coefficient (Wildman–Crippen LogP) is 0.831. The third-order valence-electron chi connectivity index (χ3n) is 2.83. The molecule has 112 valence electrons. The van der Waals surface area contributed by atoms with Crippen molar-refractivity contribution in [3.8, 4) is 0 Å². The highest BCUT2D eigenvalue weighted by Crippen LogP contribution is 2.13. The van der Waals surface area contributed by atoms with Crippen LogP contribution in [0.3, 0.4) is 0 Å². The van der Waals surface area contributed by atoms with E-state index in [4.69, 9.17) is 9.88 Å². The first-order chi connectivity index (χ1) is 9.27. The van der Waals surface area contributed by atoms with Gasteiger partial charge in [-0.25, -0.2) is 13.6 Å². The van der Waals surface area contributed by atoms with Crippen molar-refractivity contribution in [2.75, 3.05) is 20.3 Å². The van der Waals surface area contributed by atoms with Crippen LogP contribution in [-0.4, -0.2) is 45.5 Å². The fraction of sp³-hybridized carbons (Fsp3) is 0.462. The third kappa shape index (κ3) is 4.29. The van der Waals surface area contributed by atoms with E-state index in [-0.39, 0.29) is 16.8 Å². The summed E-state index contributed by atoms with van der Waals surface area (Å²) in [6, 6.07) is 5.71. The average molecular weight is 300 g/mol. The first-order valence-corrected chi connectivity index (χ1v) is 7.74. The van der Waals surface area contributed by atoms with Crippen LogP contribution in [0.2, 0.25) is 0 Å². The molecule has 0 aliphatic carbocycles. The van der Waals surface area contributed by atoms with Gasteiger partial charge in [0.2, 0.25) is 10.0 Å². The quantitative estimate of drug-likeness (QED) is 0.842. The van der Waals surface area contributed by atoms with E-state index in [9.17, 15) is 13.2 Å². The van der Waals surface area contributed by atoms with E-state index in [2.05, 4.69) is 0 Å². The Kier molecular flexibility index (Phi) is 5.67. The van der Waals surface area contributed by atoms with Gasteiger partial charge in [0.05, 0.1) is 11.5 Å². The summed E-state index contributed by atoms with van der Waals surface area (Å²) in [4.78, 5) is 14.0. The van der Waals surface area contributed by atoms with Gasteiger partial charge in [0.1, 0.15) is 0 Å². The van der Waals surface area contributed by atoms with E-state index in [1.165, 1.54) is 18.2 Å². The summed E-state index contributed by atoms with van der Waals surface area (Å²) in [6.07, 6.45) is 0. The van der Waals surface area contributed by atoms with Gasteiger partial charge in [-0.3, -0.25) is 4.79 Å². The number of primary sulfonamides is 1. The molecule has 0 heterocycles. The Morgan fingerprint density at radius 1 is 1.40 bits per heavy atom. The minimum atomic E-state index is -3.82. The number of rotatable bonds is 6. The number of sulfonamides is 1.